The number of amides is 2. The van der Waals surface area contributed by atoms with Crippen LogP contribution in [0.1, 0.15) is 16.1 Å². The van der Waals surface area contributed by atoms with Gasteiger partial charge in [0, 0.05) is 36.2 Å². The number of hydrogen-bond donors (Lipinski definition) is 1. The first kappa shape index (κ1) is 18.7. The Morgan fingerprint density at radius 2 is 2.08 bits per heavy atom. The van der Waals surface area contributed by atoms with E-state index in [0.717, 1.165) is 30.2 Å². The van der Waals surface area contributed by atoms with Crippen molar-refractivity contribution in [1.82, 2.24) is 25.2 Å². The molecule has 1 aromatic heterocycles. The Kier molecular flexibility index (Phi) is 6.51. The van der Waals surface area contributed by atoms with E-state index in [1.54, 1.807) is 27.9 Å². The third-order valence-electron chi connectivity index (χ3n) is 3.97. The van der Waals surface area contributed by atoms with Crippen LogP contribution in [0.3, 0.4) is 0 Å². The number of halogens is 1. The van der Waals surface area contributed by atoms with Crippen molar-refractivity contribution >= 4 is 35.2 Å². The summed E-state index contributed by atoms with van der Waals surface area (Å²) in [6, 6.07) is 7.23. The maximum Gasteiger partial charge on any atom is 0.276 e. The molecule has 1 fully saturated rings. The van der Waals surface area contributed by atoms with Crippen LogP contribution in [0, 0.1) is 0 Å². The Morgan fingerprint density at radius 1 is 1.27 bits per heavy atom. The summed E-state index contributed by atoms with van der Waals surface area (Å²) in [4.78, 5) is 26.1. The minimum absolute atomic E-state index is 0.0819. The van der Waals surface area contributed by atoms with Crippen molar-refractivity contribution in [2.75, 3.05) is 31.1 Å². The van der Waals surface area contributed by atoms with E-state index in [4.69, 9.17) is 11.6 Å². The molecule has 0 radical (unpaired) electrons. The lowest BCUT2D eigenvalue weighted by atomic mass is 10.1. The van der Waals surface area contributed by atoms with Crippen LogP contribution < -0.4 is 5.32 Å². The summed E-state index contributed by atoms with van der Waals surface area (Å²) in [5.41, 5.74) is 1.21. The average molecular weight is 394 g/mol. The molecule has 9 heteroatoms. The van der Waals surface area contributed by atoms with E-state index in [1.807, 2.05) is 23.9 Å². The van der Waals surface area contributed by atoms with Gasteiger partial charge in [-0.1, -0.05) is 28.9 Å². The van der Waals surface area contributed by atoms with E-state index in [-0.39, 0.29) is 18.2 Å². The first-order valence-corrected chi connectivity index (χ1v) is 9.93. The van der Waals surface area contributed by atoms with Crippen molar-refractivity contribution in [2.45, 2.75) is 13.0 Å². The fourth-order valence-electron chi connectivity index (χ4n) is 2.64. The van der Waals surface area contributed by atoms with E-state index < -0.39 is 0 Å². The molecule has 26 heavy (non-hydrogen) atoms. The molecule has 1 aliphatic rings. The summed E-state index contributed by atoms with van der Waals surface area (Å²) < 4.78 is 1.57. The summed E-state index contributed by atoms with van der Waals surface area (Å²) in [5, 5.41) is 11.4. The molecule has 1 N–H and O–H groups in total. The average Bonchev–Trinajstić information content (AvgIpc) is 3.11. The summed E-state index contributed by atoms with van der Waals surface area (Å²) >= 11 is 7.76. The van der Waals surface area contributed by atoms with E-state index >= 15 is 0 Å². The number of benzene rings is 1. The predicted molar refractivity (Wildman–Crippen MR) is 101 cm³/mol. The van der Waals surface area contributed by atoms with Gasteiger partial charge in [-0.05, 0) is 17.7 Å². The Bertz CT molecular complexity index is 776. The highest BCUT2D eigenvalue weighted by molar-refractivity contribution is 7.99. The fraction of sp³-hybridized carbons (Fsp3) is 0.412. The third kappa shape index (κ3) is 5.22. The fourth-order valence-corrected chi connectivity index (χ4v) is 3.75. The number of aromatic nitrogens is 3. The molecule has 1 saturated heterocycles. The number of carbonyl (C=O) groups excluding carboxylic acids is 2. The topological polar surface area (TPSA) is 80.1 Å². The number of rotatable bonds is 6. The van der Waals surface area contributed by atoms with Crippen LogP contribution in [0.4, 0.5) is 0 Å². The molecule has 0 atom stereocenters. The molecule has 0 bridgehead atoms. The van der Waals surface area contributed by atoms with Crippen LogP contribution in [0.25, 0.3) is 0 Å². The van der Waals surface area contributed by atoms with Gasteiger partial charge in [0.1, 0.15) is 0 Å². The van der Waals surface area contributed by atoms with Gasteiger partial charge in [0.05, 0.1) is 19.2 Å². The third-order valence-corrected chi connectivity index (χ3v) is 5.15. The standard InChI is InChI=1S/C17H20ClN5O2S/c18-14-3-1-2-13(10-14)11-16(24)19-4-5-23-12-15(20-21-23)17(25)22-6-8-26-9-7-22/h1-3,10,12H,4-9,11H2,(H,19,24). The second-order valence-corrected chi connectivity index (χ2v) is 7.59. The molecule has 1 aromatic carbocycles. The highest BCUT2D eigenvalue weighted by Crippen LogP contribution is 2.12. The number of nitrogens with zero attached hydrogens (tertiary/aromatic N) is 4. The van der Waals surface area contributed by atoms with Gasteiger partial charge >= 0.3 is 0 Å². The number of hydrogen-bond acceptors (Lipinski definition) is 5. The van der Waals surface area contributed by atoms with Crippen LogP contribution in [0.5, 0.6) is 0 Å². The van der Waals surface area contributed by atoms with Gasteiger partial charge < -0.3 is 10.2 Å². The van der Waals surface area contributed by atoms with Gasteiger partial charge in [0.2, 0.25) is 5.91 Å². The summed E-state index contributed by atoms with van der Waals surface area (Å²) in [6.45, 7) is 2.36. The first-order valence-electron chi connectivity index (χ1n) is 8.40. The Labute approximate surface area is 161 Å². The summed E-state index contributed by atoms with van der Waals surface area (Å²) in [6.07, 6.45) is 1.90. The Morgan fingerprint density at radius 3 is 2.85 bits per heavy atom. The molecule has 0 aliphatic carbocycles. The lowest BCUT2D eigenvalue weighted by Gasteiger charge is -2.25. The van der Waals surface area contributed by atoms with Crippen molar-refractivity contribution < 1.29 is 9.59 Å². The van der Waals surface area contributed by atoms with Crippen LogP contribution in [0.15, 0.2) is 30.5 Å². The highest BCUT2D eigenvalue weighted by Gasteiger charge is 2.21. The largest absolute Gasteiger partial charge is 0.354 e. The number of carbonyl (C=O) groups is 2. The maximum atomic E-state index is 12.3. The Hall–Kier alpha value is -2.06. The molecule has 0 spiro atoms. The molecule has 1 aliphatic heterocycles. The molecular formula is C17H20ClN5O2S. The van der Waals surface area contributed by atoms with Gasteiger partial charge in [0.15, 0.2) is 5.69 Å². The second kappa shape index (κ2) is 9.05. The molecule has 2 heterocycles. The predicted octanol–water partition coefficient (Wildman–Crippen LogP) is 1.48. The smallest absolute Gasteiger partial charge is 0.276 e. The van der Waals surface area contributed by atoms with Gasteiger partial charge in [-0.3, -0.25) is 9.59 Å². The van der Waals surface area contributed by atoms with Gasteiger partial charge in [-0.2, -0.15) is 11.8 Å². The normalized spacial score (nSPS) is 14.3. The highest BCUT2D eigenvalue weighted by atomic mass is 35.5. The van der Waals surface area contributed by atoms with E-state index in [0.29, 0.717) is 23.8 Å². The molecule has 2 amide bonds. The molecule has 0 unspecified atom stereocenters. The lowest BCUT2D eigenvalue weighted by molar-refractivity contribution is -0.120. The zero-order valence-electron chi connectivity index (χ0n) is 14.2. The van der Waals surface area contributed by atoms with Crippen molar-refractivity contribution in [3.05, 3.63) is 46.7 Å². The van der Waals surface area contributed by atoms with Crippen molar-refractivity contribution in [2.24, 2.45) is 0 Å². The van der Waals surface area contributed by atoms with Crippen molar-refractivity contribution in [3.63, 3.8) is 0 Å². The molecular weight excluding hydrogens is 374 g/mol. The molecule has 0 saturated carbocycles. The van der Waals surface area contributed by atoms with Gasteiger partial charge in [-0.15, -0.1) is 5.10 Å². The van der Waals surface area contributed by atoms with E-state index in [9.17, 15) is 9.59 Å². The lowest BCUT2D eigenvalue weighted by Crippen LogP contribution is -2.38. The zero-order chi connectivity index (χ0) is 18.4. The second-order valence-electron chi connectivity index (χ2n) is 5.93. The van der Waals surface area contributed by atoms with Crippen molar-refractivity contribution in [3.8, 4) is 0 Å². The monoisotopic (exact) mass is 393 g/mol. The van der Waals surface area contributed by atoms with Gasteiger partial charge in [-0.25, -0.2) is 4.68 Å². The van der Waals surface area contributed by atoms with E-state index in [1.165, 1.54) is 0 Å². The van der Waals surface area contributed by atoms with E-state index in [2.05, 4.69) is 15.6 Å². The molecule has 7 nitrogen and oxygen atoms in total. The minimum atomic E-state index is -0.0884. The zero-order valence-corrected chi connectivity index (χ0v) is 15.8. The van der Waals surface area contributed by atoms with Crippen molar-refractivity contribution in [1.29, 1.82) is 0 Å². The van der Waals surface area contributed by atoms with Crippen LogP contribution in [0.2, 0.25) is 5.02 Å². The molecule has 3 rings (SSSR count). The van der Waals surface area contributed by atoms with Gasteiger partial charge in [0.25, 0.3) is 5.91 Å². The summed E-state index contributed by atoms with van der Waals surface area (Å²) in [5.74, 6) is 1.74. The minimum Gasteiger partial charge on any atom is -0.354 e. The number of thioether (sulfide) groups is 1. The Balaban J connectivity index is 1.44. The van der Waals surface area contributed by atoms with Crippen LogP contribution in [-0.2, 0) is 17.8 Å². The van der Waals surface area contributed by atoms with Crippen LogP contribution >= 0.6 is 23.4 Å². The molecule has 2 aromatic rings. The SMILES string of the molecule is O=C(Cc1cccc(Cl)c1)NCCn1cc(C(=O)N2CCSCC2)nn1. The number of nitrogens with one attached hydrogen (secondary N) is 1. The molecule has 138 valence electrons. The maximum absolute atomic E-state index is 12.3. The van der Waals surface area contributed by atoms with Crippen LogP contribution in [-0.4, -0.2) is 62.8 Å². The summed E-state index contributed by atoms with van der Waals surface area (Å²) in [7, 11) is 0. The first-order chi connectivity index (χ1) is 12.6. The quantitative estimate of drug-likeness (QED) is 0.804.